The van der Waals surface area contributed by atoms with Crippen molar-refractivity contribution in [3.63, 3.8) is 0 Å². The summed E-state index contributed by atoms with van der Waals surface area (Å²) in [6.45, 7) is 5.68. The van der Waals surface area contributed by atoms with E-state index in [0.29, 0.717) is 32.1 Å². The standard InChI is InChI=1S/C16H27ClN4O2S/c1-4-21(5-2)24(22,23)13-12-20-16(18-3)19-11-10-14-6-8-15(17)9-7-14/h6-9H,4-5,10-13H2,1-3H3,(H2,18,19,20). The number of halogens is 1. The van der Waals surface area contributed by atoms with Crippen molar-refractivity contribution in [3.8, 4) is 0 Å². The van der Waals surface area contributed by atoms with Crippen molar-refractivity contribution in [3.05, 3.63) is 34.9 Å². The third-order valence-electron chi connectivity index (χ3n) is 3.59. The maximum Gasteiger partial charge on any atom is 0.215 e. The zero-order chi connectivity index (χ0) is 18.0. The summed E-state index contributed by atoms with van der Waals surface area (Å²) in [6.07, 6.45) is 0.829. The van der Waals surface area contributed by atoms with E-state index in [4.69, 9.17) is 11.6 Å². The van der Waals surface area contributed by atoms with Crippen LogP contribution < -0.4 is 10.6 Å². The average Bonchev–Trinajstić information content (AvgIpc) is 2.56. The molecule has 0 aliphatic rings. The van der Waals surface area contributed by atoms with Crippen molar-refractivity contribution >= 4 is 27.6 Å². The summed E-state index contributed by atoms with van der Waals surface area (Å²) in [5.41, 5.74) is 1.17. The van der Waals surface area contributed by atoms with Gasteiger partial charge in [0.1, 0.15) is 0 Å². The summed E-state index contributed by atoms with van der Waals surface area (Å²) in [5, 5.41) is 6.93. The van der Waals surface area contributed by atoms with Gasteiger partial charge in [0.05, 0.1) is 5.75 Å². The molecule has 0 saturated heterocycles. The third-order valence-corrected chi connectivity index (χ3v) is 5.87. The number of aliphatic imine (C=N–C) groups is 1. The van der Waals surface area contributed by atoms with Gasteiger partial charge in [-0.15, -0.1) is 0 Å². The molecule has 0 heterocycles. The maximum absolute atomic E-state index is 12.1. The molecule has 6 nitrogen and oxygen atoms in total. The van der Waals surface area contributed by atoms with Gasteiger partial charge in [-0.3, -0.25) is 4.99 Å². The maximum atomic E-state index is 12.1. The van der Waals surface area contributed by atoms with Gasteiger partial charge >= 0.3 is 0 Å². The minimum absolute atomic E-state index is 0.0482. The van der Waals surface area contributed by atoms with Crippen LogP contribution in [-0.2, 0) is 16.4 Å². The molecule has 0 radical (unpaired) electrons. The van der Waals surface area contributed by atoms with Crippen LogP contribution in [0.4, 0.5) is 0 Å². The quantitative estimate of drug-likeness (QED) is 0.510. The second kappa shape index (κ2) is 10.5. The van der Waals surface area contributed by atoms with E-state index in [1.54, 1.807) is 7.05 Å². The van der Waals surface area contributed by atoms with Crippen molar-refractivity contribution in [1.29, 1.82) is 0 Å². The first-order valence-electron chi connectivity index (χ1n) is 8.09. The zero-order valence-corrected chi connectivity index (χ0v) is 16.1. The van der Waals surface area contributed by atoms with Crippen LogP contribution in [0.1, 0.15) is 19.4 Å². The molecule has 0 bridgehead atoms. The lowest BCUT2D eigenvalue weighted by Crippen LogP contribution is -2.42. The van der Waals surface area contributed by atoms with Crippen LogP contribution in [0, 0.1) is 0 Å². The van der Waals surface area contributed by atoms with Crippen LogP contribution in [0.2, 0.25) is 5.02 Å². The first kappa shape index (κ1) is 20.7. The molecule has 0 amide bonds. The van der Waals surface area contributed by atoms with Gasteiger partial charge in [0, 0.05) is 38.2 Å². The number of hydrogen-bond donors (Lipinski definition) is 2. The molecule has 1 rings (SSSR count). The molecule has 0 aliphatic heterocycles. The van der Waals surface area contributed by atoms with E-state index in [1.165, 1.54) is 9.87 Å². The SMILES string of the molecule is CCN(CC)S(=O)(=O)CCNC(=NC)NCCc1ccc(Cl)cc1. The van der Waals surface area contributed by atoms with Gasteiger partial charge in [-0.25, -0.2) is 12.7 Å². The molecule has 136 valence electrons. The minimum atomic E-state index is -3.22. The van der Waals surface area contributed by atoms with E-state index in [9.17, 15) is 8.42 Å². The largest absolute Gasteiger partial charge is 0.356 e. The van der Waals surface area contributed by atoms with Gasteiger partial charge in [-0.2, -0.15) is 0 Å². The molecular formula is C16H27ClN4O2S. The summed E-state index contributed by atoms with van der Waals surface area (Å²) < 4.78 is 25.7. The number of hydrogen-bond acceptors (Lipinski definition) is 3. The molecular weight excluding hydrogens is 348 g/mol. The summed E-state index contributed by atoms with van der Waals surface area (Å²) in [7, 11) is -1.56. The Morgan fingerprint density at radius 2 is 1.71 bits per heavy atom. The van der Waals surface area contributed by atoms with Gasteiger partial charge in [0.2, 0.25) is 10.0 Å². The average molecular weight is 375 g/mol. The highest BCUT2D eigenvalue weighted by Crippen LogP contribution is 2.09. The van der Waals surface area contributed by atoms with Crippen molar-refractivity contribution in [2.45, 2.75) is 20.3 Å². The Bertz CT molecular complexity index is 613. The van der Waals surface area contributed by atoms with Crippen molar-refractivity contribution < 1.29 is 8.42 Å². The van der Waals surface area contributed by atoms with Crippen LogP contribution in [0.15, 0.2) is 29.3 Å². The fourth-order valence-electron chi connectivity index (χ4n) is 2.24. The lowest BCUT2D eigenvalue weighted by Gasteiger charge is -2.19. The molecule has 1 aromatic carbocycles. The Labute approximate surface area is 150 Å². The first-order valence-corrected chi connectivity index (χ1v) is 10.1. The monoisotopic (exact) mass is 374 g/mol. The molecule has 24 heavy (non-hydrogen) atoms. The Morgan fingerprint density at radius 1 is 1.12 bits per heavy atom. The van der Waals surface area contributed by atoms with E-state index in [1.807, 2.05) is 38.1 Å². The smallest absolute Gasteiger partial charge is 0.215 e. The predicted molar refractivity (Wildman–Crippen MR) is 101 cm³/mol. The molecule has 2 N–H and O–H groups in total. The topological polar surface area (TPSA) is 73.8 Å². The van der Waals surface area contributed by atoms with Crippen LogP contribution in [0.5, 0.6) is 0 Å². The van der Waals surface area contributed by atoms with Crippen LogP contribution in [-0.4, -0.2) is 57.7 Å². The van der Waals surface area contributed by atoms with E-state index in [-0.39, 0.29) is 5.75 Å². The number of sulfonamides is 1. The molecule has 0 saturated carbocycles. The molecule has 0 unspecified atom stereocenters. The fraction of sp³-hybridized carbons (Fsp3) is 0.562. The van der Waals surface area contributed by atoms with Gasteiger partial charge < -0.3 is 10.6 Å². The van der Waals surface area contributed by atoms with Crippen LogP contribution >= 0.6 is 11.6 Å². The molecule has 1 aromatic rings. The number of guanidine groups is 1. The third kappa shape index (κ3) is 7.07. The molecule has 0 atom stereocenters. The summed E-state index contributed by atoms with van der Waals surface area (Å²) >= 11 is 5.86. The summed E-state index contributed by atoms with van der Waals surface area (Å²) in [4.78, 5) is 4.10. The van der Waals surface area contributed by atoms with Gasteiger partial charge in [0.25, 0.3) is 0 Å². The number of rotatable bonds is 9. The Kier molecular flexibility index (Phi) is 9.10. The normalized spacial score (nSPS) is 12.5. The van der Waals surface area contributed by atoms with Gasteiger partial charge in [-0.1, -0.05) is 37.6 Å². The first-order chi connectivity index (χ1) is 11.4. The lowest BCUT2D eigenvalue weighted by molar-refractivity contribution is 0.445. The Balaban J connectivity index is 2.36. The van der Waals surface area contributed by atoms with Crippen LogP contribution in [0.25, 0.3) is 0 Å². The molecule has 0 fully saturated rings. The predicted octanol–water partition coefficient (Wildman–Crippen LogP) is 1.72. The lowest BCUT2D eigenvalue weighted by atomic mass is 10.1. The zero-order valence-electron chi connectivity index (χ0n) is 14.5. The number of nitrogens with zero attached hydrogens (tertiary/aromatic N) is 2. The molecule has 0 aromatic heterocycles. The molecule has 0 spiro atoms. The summed E-state index contributed by atoms with van der Waals surface area (Å²) in [5.74, 6) is 0.644. The van der Waals surface area contributed by atoms with Crippen molar-refractivity contribution in [1.82, 2.24) is 14.9 Å². The fourth-order valence-corrected chi connectivity index (χ4v) is 3.77. The summed E-state index contributed by atoms with van der Waals surface area (Å²) in [6, 6.07) is 7.69. The van der Waals surface area contributed by atoms with Crippen LogP contribution in [0.3, 0.4) is 0 Å². The van der Waals surface area contributed by atoms with Gasteiger partial charge in [-0.05, 0) is 24.1 Å². The Morgan fingerprint density at radius 3 is 2.25 bits per heavy atom. The van der Waals surface area contributed by atoms with E-state index in [0.717, 1.165) is 11.4 Å². The number of nitrogens with one attached hydrogen (secondary N) is 2. The Hall–Kier alpha value is -1.31. The highest BCUT2D eigenvalue weighted by Gasteiger charge is 2.18. The molecule has 0 aliphatic carbocycles. The van der Waals surface area contributed by atoms with E-state index in [2.05, 4.69) is 15.6 Å². The number of benzene rings is 1. The highest BCUT2D eigenvalue weighted by atomic mass is 35.5. The van der Waals surface area contributed by atoms with E-state index < -0.39 is 10.0 Å². The van der Waals surface area contributed by atoms with Crippen molar-refractivity contribution in [2.75, 3.05) is 39.0 Å². The second-order valence-electron chi connectivity index (χ2n) is 5.20. The van der Waals surface area contributed by atoms with Crippen molar-refractivity contribution in [2.24, 2.45) is 4.99 Å². The highest BCUT2D eigenvalue weighted by molar-refractivity contribution is 7.89. The van der Waals surface area contributed by atoms with E-state index >= 15 is 0 Å². The minimum Gasteiger partial charge on any atom is -0.356 e. The van der Waals surface area contributed by atoms with Gasteiger partial charge in [0.15, 0.2) is 5.96 Å². The molecule has 8 heteroatoms. The second-order valence-corrected chi connectivity index (χ2v) is 7.73.